The molecule has 0 saturated carbocycles. The topological polar surface area (TPSA) is 242 Å². The van der Waals surface area contributed by atoms with Crippen LogP contribution < -0.4 is 17.0 Å². The number of anilines is 1. The Hall–Kier alpha value is -2.64. The van der Waals surface area contributed by atoms with Crippen LogP contribution in [0.1, 0.15) is 24.4 Å². The zero-order chi connectivity index (χ0) is 28.1. The number of H-pyrrole nitrogens is 1. The van der Waals surface area contributed by atoms with E-state index in [0.29, 0.717) is 5.52 Å². The molecule has 7 N–H and O–H groups in total. The first-order chi connectivity index (χ1) is 18.4. The molecular weight excluding hydrogens is 561 g/mol. The van der Waals surface area contributed by atoms with Crippen molar-refractivity contribution in [2.45, 2.75) is 56.3 Å². The minimum atomic E-state index is -3.91. The number of nitrogens with one attached hydrogen (secondary N) is 1. The van der Waals surface area contributed by atoms with Crippen LogP contribution in [0.2, 0.25) is 0 Å². The van der Waals surface area contributed by atoms with Crippen molar-refractivity contribution >= 4 is 35.5 Å². The fourth-order valence-electron chi connectivity index (χ4n) is 4.36. The Morgan fingerprint density at radius 3 is 2.59 bits per heavy atom. The summed E-state index contributed by atoms with van der Waals surface area (Å²) in [4.78, 5) is 48.4. The number of aryl methyl sites for hydroxylation is 1. The lowest BCUT2D eigenvalue weighted by Crippen LogP contribution is -2.34. The molecule has 3 aromatic rings. The summed E-state index contributed by atoms with van der Waals surface area (Å²) >= 11 is 5.03. The van der Waals surface area contributed by atoms with Gasteiger partial charge in [0, 0.05) is 18.2 Å². The number of hydrogen-bond donors (Lipinski definition) is 6. The number of imidazole rings is 1. The lowest BCUT2D eigenvalue weighted by molar-refractivity contribution is -0.0557. The van der Waals surface area contributed by atoms with Crippen LogP contribution in [0.25, 0.3) is 11.2 Å². The Morgan fingerprint density at radius 1 is 1.13 bits per heavy atom. The maximum atomic E-state index is 12.1. The Bertz CT molecular complexity index is 1530. The van der Waals surface area contributed by atoms with Crippen molar-refractivity contribution in [2.24, 2.45) is 0 Å². The molecule has 3 aromatic heterocycles. The third-order valence-corrected chi connectivity index (χ3v) is 8.05. The molecule has 0 aliphatic carbocycles. The van der Waals surface area contributed by atoms with Gasteiger partial charge in [-0.3, -0.25) is 18.9 Å². The molecule has 39 heavy (non-hydrogen) atoms. The van der Waals surface area contributed by atoms with Crippen molar-refractivity contribution in [3.8, 4) is 0 Å². The zero-order valence-electron chi connectivity index (χ0n) is 20.3. The summed E-state index contributed by atoms with van der Waals surface area (Å²) in [7, 11) is 0. The molecule has 2 fully saturated rings. The molecular formula is C20H26N7O10PS. The quantitative estimate of drug-likeness (QED) is 0.153. The lowest BCUT2D eigenvalue weighted by Gasteiger charge is -2.22. The average Bonchev–Trinajstić information content (AvgIpc) is 3.56. The zero-order valence-corrected chi connectivity index (χ0v) is 22.0. The van der Waals surface area contributed by atoms with Crippen molar-refractivity contribution in [1.82, 2.24) is 29.1 Å². The van der Waals surface area contributed by atoms with Crippen LogP contribution in [0.15, 0.2) is 28.4 Å². The first-order valence-corrected chi connectivity index (χ1v) is 14.3. The van der Waals surface area contributed by atoms with Crippen LogP contribution in [-0.2, 0) is 30.3 Å². The second-order valence-corrected chi connectivity index (χ2v) is 11.9. The molecule has 2 aliphatic heterocycles. The van der Waals surface area contributed by atoms with Crippen LogP contribution in [0.3, 0.4) is 0 Å². The lowest BCUT2D eigenvalue weighted by atomic mass is 10.1. The van der Waals surface area contributed by atoms with Crippen LogP contribution >= 0.6 is 6.72 Å². The molecule has 0 bridgehead atoms. The van der Waals surface area contributed by atoms with E-state index in [9.17, 15) is 29.8 Å². The number of nitrogens with zero attached hydrogens (tertiary/aromatic N) is 5. The van der Waals surface area contributed by atoms with Gasteiger partial charge in [0.2, 0.25) is 0 Å². The standard InChI is InChI=1S/C20H26N7O10PS/c1-8-3-26(20(32)25-18(8)31)12-2-9(28)10(36-12)4-34-38(33,39)35-5-11-14(29)15(30)19(37-11)27-7-24-13-16(21)22-6-23-17(13)27/h3,6-7,9-12,14-15,19,28-30H,2,4-5H2,1H3,(H,33,39)(H2,21,22,23)(H,25,31,32)/t9-,10+,11+,12+,14+,15+,19+,38?/m0/s1. The van der Waals surface area contributed by atoms with E-state index in [1.807, 2.05) is 0 Å². The number of nitrogens with two attached hydrogens (primary N) is 1. The van der Waals surface area contributed by atoms with E-state index >= 15 is 0 Å². The molecule has 0 radical (unpaired) electrons. The SMILES string of the molecule is Cc1cn([C@H]2C[C@H](O)[C@@H](COP(O)(=S)OC[C@H]3O[C@@H](n4cnc5c(N)ncnc54)[C@H](O)[C@@H]3O)O2)c(=O)[nH]c1=O. The van der Waals surface area contributed by atoms with E-state index in [1.165, 1.54) is 30.3 Å². The van der Waals surface area contributed by atoms with Crippen LogP contribution in [-0.4, -0.2) is 93.0 Å². The normalized spacial score (nSPS) is 30.6. The molecule has 8 atom stereocenters. The minimum absolute atomic E-state index is 0.0233. The fraction of sp³-hybridized carbons (Fsp3) is 0.550. The number of aromatic amines is 1. The highest BCUT2D eigenvalue weighted by Crippen LogP contribution is 2.46. The Kier molecular flexibility index (Phi) is 7.68. The highest BCUT2D eigenvalue weighted by atomic mass is 32.5. The second-order valence-electron chi connectivity index (χ2n) is 9.10. The third-order valence-electron chi connectivity index (χ3n) is 6.46. The highest BCUT2D eigenvalue weighted by Gasteiger charge is 2.45. The van der Waals surface area contributed by atoms with E-state index in [4.69, 9.17) is 36.1 Å². The first kappa shape index (κ1) is 27.9. The van der Waals surface area contributed by atoms with Gasteiger partial charge in [0.05, 0.1) is 25.6 Å². The molecule has 212 valence electrons. The van der Waals surface area contributed by atoms with E-state index in [0.717, 1.165) is 4.57 Å². The van der Waals surface area contributed by atoms with Crippen molar-refractivity contribution in [1.29, 1.82) is 0 Å². The Morgan fingerprint density at radius 2 is 1.85 bits per heavy atom. The predicted octanol–water partition coefficient (Wildman–Crippen LogP) is -2.22. The molecule has 0 spiro atoms. The summed E-state index contributed by atoms with van der Waals surface area (Å²) in [6.45, 7) is -3.20. The van der Waals surface area contributed by atoms with Crippen molar-refractivity contribution < 1.29 is 38.7 Å². The second kappa shape index (κ2) is 10.7. The van der Waals surface area contributed by atoms with Crippen LogP contribution in [0.5, 0.6) is 0 Å². The summed E-state index contributed by atoms with van der Waals surface area (Å²) < 4.78 is 24.6. The van der Waals surface area contributed by atoms with E-state index < -0.39 is 67.6 Å². The monoisotopic (exact) mass is 587 g/mol. The molecule has 5 rings (SSSR count). The van der Waals surface area contributed by atoms with Gasteiger partial charge in [0.15, 0.2) is 17.7 Å². The molecule has 0 amide bonds. The smallest absolute Gasteiger partial charge is 0.330 e. The summed E-state index contributed by atoms with van der Waals surface area (Å²) in [5.74, 6) is 0.133. The molecule has 5 heterocycles. The number of rotatable bonds is 8. The van der Waals surface area contributed by atoms with Gasteiger partial charge >= 0.3 is 12.4 Å². The van der Waals surface area contributed by atoms with E-state index in [2.05, 4.69) is 19.9 Å². The van der Waals surface area contributed by atoms with E-state index in [-0.39, 0.29) is 30.1 Å². The number of hydrogen-bond acceptors (Lipinski definition) is 14. The van der Waals surface area contributed by atoms with Gasteiger partial charge in [-0.1, -0.05) is 0 Å². The molecule has 17 nitrogen and oxygen atoms in total. The number of aliphatic hydroxyl groups excluding tert-OH is 3. The maximum Gasteiger partial charge on any atom is 0.330 e. The van der Waals surface area contributed by atoms with Crippen LogP contribution in [0, 0.1) is 6.92 Å². The summed E-state index contributed by atoms with van der Waals surface area (Å²) in [5.41, 5.74) is 5.42. The molecule has 2 saturated heterocycles. The van der Waals surface area contributed by atoms with Gasteiger partial charge in [-0.25, -0.2) is 19.7 Å². The van der Waals surface area contributed by atoms with Gasteiger partial charge in [-0.05, 0) is 18.7 Å². The maximum absolute atomic E-state index is 12.1. The predicted molar refractivity (Wildman–Crippen MR) is 135 cm³/mol. The first-order valence-electron chi connectivity index (χ1n) is 11.7. The van der Waals surface area contributed by atoms with Gasteiger partial charge < -0.3 is 44.5 Å². The van der Waals surface area contributed by atoms with Crippen LogP contribution in [0.4, 0.5) is 5.82 Å². The molecule has 2 aliphatic rings. The highest BCUT2D eigenvalue weighted by molar-refractivity contribution is 8.07. The summed E-state index contributed by atoms with van der Waals surface area (Å²) in [6.07, 6.45) is -4.02. The Labute approximate surface area is 224 Å². The number of ether oxygens (including phenoxy) is 2. The van der Waals surface area contributed by atoms with Crippen molar-refractivity contribution in [3.05, 3.63) is 45.3 Å². The van der Waals surface area contributed by atoms with E-state index in [1.54, 1.807) is 0 Å². The average molecular weight is 588 g/mol. The minimum Gasteiger partial charge on any atom is -0.390 e. The number of nitrogen functional groups attached to an aromatic ring is 1. The number of aromatic nitrogens is 6. The summed E-state index contributed by atoms with van der Waals surface area (Å²) in [6, 6.07) is 0. The summed E-state index contributed by atoms with van der Waals surface area (Å²) in [5, 5.41) is 31.4. The van der Waals surface area contributed by atoms with Crippen molar-refractivity contribution in [3.63, 3.8) is 0 Å². The molecule has 1 unspecified atom stereocenters. The van der Waals surface area contributed by atoms with Crippen molar-refractivity contribution in [2.75, 3.05) is 18.9 Å². The molecule has 0 aromatic carbocycles. The fourth-order valence-corrected chi connectivity index (χ4v) is 5.47. The number of aliphatic hydroxyl groups is 3. The molecule has 19 heteroatoms. The van der Waals surface area contributed by atoms with Gasteiger partial charge in [0.25, 0.3) is 5.56 Å². The Balaban J connectivity index is 1.17. The van der Waals surface area contributed by atoms with Gasteiger partial charge in [0.1, 0.15) is 42.5 Å². The van der Waals surface area contributed by atoms with Gasteiger partial charge in [-0.15, -0.1) is 0 Å². The van der Waals surface area contributed by atoms with Gasteiger partial charge in [-0.2, -0.15) is 0 Å². The third kappa shape index (κ3) is 5.53. The number of fused-ring (bicyclic) bond motifs is 1. The largest absolute Gasteiger partial charge is 0.390 e.